The van der Waals surface area contributed by atoms with Crippen LogP contribution in [0, 0.1) is 11.3 Å². The molecule has 1 aliphatic carbocycles. The van der Waals surface area contributed by atoms with Crippen LogP contribution in [0.1, 0.15) is 32.1 Å². The Morgan fingerprint density at radius 3 is 2.81 bits per heavy atom. The van der Waals surface area contributed by atoms with Crippen LogP contribution < -0.4 is 5.73 Å². The molecule has 1 saturated carbocycles. The van der Waals surface area contributed by atoms with Crippen molar-refractivity contribution in [2.75, 3.05) is 26.4 Å². The summed E-state index contributed by atoms with van der Waals surface area (Å²) < 4.78 is 10.5. The van der Waals surface area contributed by atoms with E-state index in [0.717, 1.165) is 32.5 Å². The molecule has 2 N–H and O–H groups in total. The van der Waals surface area contributed by atoms with Crippen LogP contribution in [-0.4, -0.2) is 32.3 Å². The zero-order chi connectivity index (χ0) is 11.4. The van der Waals surface area contributed by atoms with Crippen LogP contribution in [0.3, 0.4) is 0 Å². The van der Waals surface area contributed by atoms with Gasteiger partial charge in [-0.05, 0) is 31.2 Å². The molecule has 0 bridgehead atoms. The van der Waals surface area contributed by atoms with Gasteiger partial charge in [-0.1, -0.05) is 6.42 Å². The average molecular weight is 227 g/mol. The quantitative estimate of drug-likeness (QED) is 0.714. The third kappa shape index (κ3) is 2.74. The lowest BCUT2D eigenvalue weighted by atomic mass is 9.67. The Bertz CT molecular complexity index is 239. The third-order valence-corrected chi connectivity index (χ3v) is 3.87. The van der Waals surface area contributed by atoms with E-state index < -0.39 is 0 Å². The molecule has 0 spiro atoms. The van der Waals surface area contributed by atoms with Crippen molar-refractivity contribution in [1.82, 2.24) is 0 Å². The van der Waals surface area contributed by atoms with Gasteiger partial charge < -0.3 is 15.2 Å². The summed E-state index contributed by atoms with van der Waals surface area (Å²) in [5, 5.41) is 0. The lowest BCUT2D eigenvalue weighted by Crippen LogP contribution is -2.39. The zero-order valence-electron chi connectivity index (χ0n) is 9.74. The van der Waals surface area contributed by atoms with Crippen LogP contribution in [0.25, 0.3) is 0 Å². The number of rotatable bonds is 5. The van der Waals surface area contributed by atoms with Crippen LogP contribution in [0.2, 0.25) is 0 Å². The van der Waals surface area contributed by atoms with Crippen molar-refractivity contribution in [3.63, 3.8) is 0 Å². The van der Waals surface area contributed by atoms with Crippen molar-refractivity contribution in [1.29, 1.82) is 0 Å². The Balaban J connectivity index is 1.67. The molecule has 1 atom stereocenters. The Kier molecular flexibility index (Phi) is 3.82. The Morgan fingerprint density at radius 1 is 1.50 bits per heavy atom. The van der Waals surface area contributed by atoms with Crippen LogP contribution in [-0.2, 0) is 14.3 Å². The van der Waals surface area contributed by atoms with Crippen molar-refractivity contribution in [3.8, 4) is 0 Å². The van der Waals surface area contributed by atoms with Crippen LogP contribution in [0.15, 0.2) is 0 Å². The van der Waals surface area contributed by atoms with Gasteiger partial charge in [-0.2, -0.15) is 0 Å². The molecule has 1 aliphatic heterocycles. The summed E-state index contributed by atoms with van der Waals surface area (Å²) in [6.07, 6.45) is 4.85. The molecule has 0 aromatic rings. The van der Waals surface area contributed by atoms with Crippen molar-refractivity contribution >= 4 is 5.97 Å². The normalized spacial score (nSPS) is 27.4. The first-order valence-corrected chi connectivity index (χ1v) is 6.18. The molecule has 4 heteroatoms. The number of carbonyl (C=O) groups excluding carboxylic acids is 1. The molecule has 0 aromatic carbocycles. The largest absolute Gasteiger partial charge is 0.465 e. The number of ether oxygens (including phenoxy) is 2. The van der Waals surface area contributed by atoms with Gasteiger partial charge in [0.25, 0.3) is 0 Å². The summed E-state index contributed by atoms with van der Waals surface area (Å²) in [6.45, 7) is 2.65. The van der Waals surface area contributed by atoms with Gasteiger partial charge in [0, 0.05) is 12.5 Å². The van der Waals surface area contributed by atoms with Gasteiger partial charge in [0.15, 0.2) is 0 Å². The van der Waals surface area contributed by atoms with Crippen molar-refractivity contribution in [3.05, 3.63) is 0 Å². The first-order chi connectivity index (χ1) is 7.74. The fourth-order valence-electron chi connectivity index (χ4n) is 2.41. The van der Waals surface area contributed by atoms with E-state index in [0.29, 0.717) is 25.5 Å². The summed E-state index contributed by atoms with van der Waals surface area (Å²) in [5.41, 5.74) is 5.77. The predicted octanol–water partition coefficient (Wildman–Crippen LogP) is 1.09. The Labute approximate surface area is 96.5 Å². The van der Waals surface area contributed by atoms with Crippen molar-refractivity contribution in [2.24, 2.45) is 17.1 Å². The molecule has 2 fully saturated rings. The second-order valence-corrected chi connectivity index (χ2v) is 5.15. The molecule has 16 heavy (non-hydrogen) atoms. The maximum atomic E-state index is 11.6. The van der Waals surface area contributed by atoms with Gasteiger partial charge in [-0.15, -0.1) is 0 Å². The Hall–Kier alpha value is -0.610. The first-order valence-electron chi connectivity index (χ1n) is 6.18. The number of nitrogens with two attached hydrogens (primary N) is 1. The maximum Gasteiger partial charge on any atom is 0.306 e. The number of hydrogen-bond donors (Lipinski definition) is 1. The van der Waals surface area contributed by atoms with E-state index in [4.69, 9.17) is 15.2 Å². The van der Waals surface area contributed by atoms with E-state index in [1.54, 1.807) is 0 Å². The van der Waals surface area contributed by atoms with Gasteiger partial charge in [-0.25, -0.2) is 0 Å². The molecule has 92 valence electrons. The minimum Gasteiger partial charge on any atom is -0.465 e. The van der Waals surface area contributed by atoms with E-state index >= 15 is 0 Å². The molecule has 2 aliphatic rings. The molecular weight excluding hydrogens is 206 g/mol. The number of esters is 1. The fraction of sp³-hybridized carbons (Fsp3) is 0.917. The summed E-state index contributed by atoms with van der Waals surface area (Å²) in [4.78, 5) is 11.6. The topological polar surface area (TPSA) is 61.6 Å². The molecule has 0 aromatic heterocycles. The SMILES string of the molecule is NCC1(CC(=O)OCC2CCOC2)CCC1. The number of hydrogen-bond acceptors (Lipinski definition) is 4. The first kappa shape index (κ1) is 11.9. The van der Waals surface area contributed by atoms with E-state index in [2.05, 4.69) is 0 Å². The van der Waals surface area contributed by atoms with E-state index in [9.17, 15) is 4.79 Å². The minimum atomic E-state index is -0.0861. The monoisotopic (exact) mass is 227 g/mol. The van der Waals surface area contributed by atoms with E-state index in [1.165, 1.54) is 6.42 Å². The molecule has 1 saturated heterocycles. The standard InChI is InChI=1S/C12H21NO3/c13-9-12(3-1-4-12)6-11(14)16-8-10-2-5-15-7-10/h10H,1-9,13H2. The summed E-state index contributed by atoms with van der Waals surface area (Å²) >= 11 is 0. The smallest absolute Gasteiger partial charge is 0.306 e. The van der Waals surface area contributed by atoms with E-state index in [1.807, 2.05) is 0 Å². The summed E-state index contributed by atoms with van der Waals surface area (Å²) in [5.74, 6) is 0.316. The molecule has 1 heterocycles. The molecule has 1 unspecified atom stereocenters. The second kappa shape index (κ2) is 5.15. The summed E-state index contributed by atoms with van der Waals surface area (Å²) in [7, 11) is 0. The molecule has 2 rings (SSSR count). The van der Waals surface area contributed by atoms with Gasteiger partial charge in [0.05, 0.1) is 19.6 Å². The molecule has 0 amide bonds. The molecule has 0 radical (unpaired) electrons. The highest BCUT2D eigenvalue weighted by atomic mass is 16.5. The van der Waals surface area contributed by atoms with Gasteiger partial charge in [0.2, 0.25) is 0 Å². The van der Waals surface area contributed by atoms with Crippen LogP contribution in [0.5, 0.6) is 0 Å². The van der Waals surface area contributed by atoms with Crippen LogP contribution >= 0.6 is 0 Å². The van der Waals surface area contributed by atoms with Crippen molar-refractivity contribution in [2.45, 2.75) is 32.1 Å². The minimum absolute atomic E-state index is 0.0588. The fourth-order valence-corrected chi connectivity index (χ4v) is 2.41. The van der Waals surface area contributed by atoms with E-state index in [-0.39, 0.29) is 11.4 Å². The molecular formula is C12H21NO3. The second-order valence-electron chi connectivity index (χ2n) is 5.15. The summed E-state index contributed by atoms with van der Waals surface area (Å²) in [6, 6.07) is 0. The third-order valence-electron chi connectivity index (χ3n) is 3.87. The lowest BCUT2D eigenvalue weighted by Gasteiger charge is -2.40. The average Bonchev–Trinajstić information content (AvgIpc) is 2.73. The highest BCUT2D eigenvalue weighted by Crippen LogP contribution is 2.43. The van der Waals surface area contributed by atoms with Gasteiger partial charge in [-0.3, -0.25) is 4.79 Å². The zero-order valence-corrected chi connectivity index (χ0v) is 9.74. The highest BCUT2D eigenvalue weighted by Gasteiger charge is 2.38. The highest BCUT2D eigenvalue weighted by molar-refractivity contribution is 5.70. The predicted molar refractivity (Wildman–Crippen MR) is 59.8 cm³/mol. The van der Waals surface area contributed by atoms with Crippen LogP contribution in [0.4, 0.5) is 0 Å². The van der Waals surface area contributed by atoms with Gasteiger partial charge in [0.1, 0.15) is 0 Å². The Morgan fingerprint density at radius 2 is 2.31 bits per heavy atom. The molecule has 4 nitrogen and oxygen atoms in total. The lowest BCUT2D eigenvalue weighted by molar-refractivity contribution is -0.149. The van der Waals surface area contributed by atoms with Gasteiger partial charge >= 0.3 is 5.97 Å². The maximum absolute atomic E-state index is 11.6. The van der Waals surface area contributed by atoms with Crippen molar-refractivity contribution < 1.29 is 14.3 Å². The number of carbonyl (C=O) groups is 1.